The molecule has 1 heterocycles. The van der Waals surface area contributed by atoms with E-state index < -0.39 is 0 Å². The summed E-state index contributed by atoms with van der Waals surface area (Å²) in [6.45, 7) is 1.27. The third-order valence-corrected chi connectivity index (χ3v) is 4.48. The molecule has 0 unspecified atom stereocenters. The number of rotatable bonds is 7. The Hall–Kier alpha value is -3.52. The number of Topliss-reactive ketones (excluding diaryl/α,β-unsaturated/α-hetero) is 1. The maximum Gasteiger partial charge on any atom is 0.262 e. The minimum absolute atomic E-state index is 0.0425. The summed E-state index contributed by atoms with van der Waals surface area (Å²) >= 11 is 3.29. The minimum Gasteiger partial charge on any atom is -0.484 e. The average molecular weight is 468 g/mol. The van der Waals surface area contributed by atoms with Gasteiger partial charge in [0, 0.05) is 27.5 Å². The molecular formula is C22H18BrN3O4. The van der Waals surface area contributed by atoms with Gasteiger partial charge in [0.2, 0.25) is 0 Å². The van der Waals surface area contributed by atoms with Gasteiger partial charge in [-0.2, -0.15) is 0 Å². The minimum atomic E-state index is -0.377. The fourth-order valence-electron chi connectivity index (χ4n) is 2.51. The van der Waals surface area contributed by atoms with Crippen molar-refractivity contribution in [2.45, 2.75) is 6.92 Å². The number of halogens is 1. The molecular weight excluding hydrogens is 450 g/mol. The molecule has 152 valence electrons. The van der Waals surface area contributed by atoms with Gasteiger partial charge in [-0.05, 0) is 77.5 Å². The van der Waals surface area contributed by atoms with Gasteiger partial charge in [-0.3, -0.25) is 14.4 Å². The standard InChI is InChI=1S/C22H18BrN3O4/c1-14(27)15-5-8-19(9-6-15)30-13-21(28)25-18-4-2-3-16(11-18)22(29)26-20-10-7-17(23)12-24-20/h2-12H,13H2,1H3,(H,25,28)(H,24,26,29). The van der Waals surface area contributed by atoms with Crippen molar-refractivity contribution in [1.29, 1.82) is 0 Å². The smallest absolute Gasteiger partial charge is 0.262 e. The molecule has 0 aliphatic heterocycles. The average Bonchev–Trinajstić information content (AvgIpc) is 2.74. The molecule has 2 aromatic carbocycles. The Morgan fingerprint density at radius 3 is 2.40 bits per heavy atom. The van der Waals surface area contributed by atoms with Crippen LogP contribution in [0.1, 0.15) is 27.6 Å². The summed E-state index contributed by atoms with van der Waals surface area (Å²) < 4.78 is 6.23. The summed E-state index contributed by atoms with van der Waals surface area (Å²) in [4.78, 5) is 39.9. The highest BCUT2D eigenvalue weighted by atomic mass is 79.9. The van der Waals surface area contributed by atoms with E-state index in [1.807, 2.05) is 0 Å². The van der Waals surface area contributed by atoms with Gasteiger partial charge in [-0.1, -0.05) is 6.07 Å². The second-order valence-corrected chi connectivity index (χ2v) is 7.23. The number of amides is 2. The summed E-state index contributed by atoms with van der Waals surface area (Å²) in [5.41, 5.74) is 1.41. The van der Waals surface area contributed by atoms with E-state index in [4.69, 9.17) is 4.74 Å². The summed E-state index contributed by atoms with van der Waals surface area (Å²) in [6.07, 6.45) is 1.58. The number of carbonyl (C=O) groups is 3. The van der Waals surface area contributed by atoms with Gasteiger partial charge < -0.3 is 15.4 Å². The molecule has 8 heteroatoms. The molecule has 2 amide bonds. The van der Waals surface area contributed by atoms with E-state index in [0.29, 0.717) is 28.4 Å². The Kier molecular flexibility index (Phi) is 6.92. The number of hydrogen-bond acceptors (Lipinski definition) is 5. The van der Waals surface area contributed by atoms with E-state index >= 15 is 0 Å². The lowest BCUT2D eigenvalue weighted by molar-refractivity contribution is -0.118. The molecule has 0 aliphatic carbocycles. The number of anilines is 2. The molecule has 7 nitrogen and oxygen atoms in total. The lowest BCUT2D eigenvalue weighted by Gasteiger charge is -2.09. The molecule has 0 saturated carbocycles. The fourth-order valence-corrected chi connectivity index (χ4v) is 2.74. The van der Waals surface area contributed by atoms with Crippen LogP contribution in [0.3, 0.4) is 0 Å². The van der Waals surface area contributed by atoms with E-state index in [0.717, 1.165) is 4.47 Å². The van der Waals surface area contributed by atoms with Crippen LogP contribution in [0.15, 0.2) is 71.3 Å². The summed E-state index contributed by atoms with van der Waals surface area (Å²) in [7, 11) is 0. The number of pyridine rings is 1. The molecule has 0 saturated heterocycles. The van der Waals surface area contributed by atoms with Crippen molar-refractivity contribution in [3.8, 4) is 5.75 Å². The van der Waals surface area contributed by atoms with E-state index in [-0.39, 0.29) is 24.2 Å². The summed E-state index contributed by atoms with van der Waals surface area (Å²) in [5, 5.41) is 5.38. The van der Waals surface area contributed by atoms with E-state index in [9.17, 15) is 14.4 Å². The van der Waals surface area contributed by atoms with E-state index in [1.165, 1.54) is 6.92 Å². The van der Waals surface area contributed by atoms with Gasteiger partial charge >= 0.3 is 0 Å². The fraction of sp³-hybridized carbons (Fsp3) is 0.0909. The van der Waals surface area contributed by atoms with Gasteiger partial charge in [0.25, 0.3) is 11.8 Å². The Morgan fingerprint density at radius 1 is 0.967 bits per heavy atom. The van der Waals surface area contributed by atoms with Gasteiger partial charge in [0.15, 0.2) is 12.4 Å². The third kappa shape index (κ3) is 5.99. The molecule has 3 aromatic rings. The quantitative estimate of drug-likeness (QED) is 0.504. The molecule has 2 N–H and O–H groups in total. The highest BCUT2D eigenvalue weighted by Gasteiger charge is 2.10. The molecule has 30 heavy (non-hydrogen) atoms. The van der Waals surface area contributed by atoms with Crippen LogP contribution in [0, 0.1) is 0 Å². The summed E-state index contributed by atoms with van der Waals surface area (Å²) in [6, 6.07) is 16.5. The van der Waals surface area contributed by atoms with Crippen molar-refractivity contribution in [3.05, 3.63) is 82.5 Å². The largest absolute Gasteiger partial charge is 0.484 e. The lowest BCUT2D eigenvalue weighted by atomic mass is 10.1. The third-order valence-electron chi connectivity index (χ3n) is 4.01. The molecule has 0 fully saturated rings. The van der Waals surface area contributed by atoms with E-state index in [2.05, 4.69) is 31.5 Å². The van der Waals surface area contributed by atoms with Crippen molar-refractivity contribution in [2.24, 2.45) is 0 Å². The zero-order valence-electron chi connectivity index (χ0n) is 16.0. The molecule has 3 rings (SSSR count). The maximum atomic E-state index is 12.4. The highest BCUT2D eigenvalue weighted by molar-refractivity contribution is 9.10. The van der Waals surface area contributed by atoms with Gasteiger partial charge in [0.05, 0.1) is 0 Å². The number of nitrogens with one attached hydrogen (secondary N) is 2. The Bertz CT molecular complexity index is 1070. The number of hydrogen-bond donors (Lipinski definition) is 2. The number of nitrogens with zero attached hydrogens (tertiary/aromatic N) is 1. The monoisotopic (exact) mass is 467 g/mol. The van der Waals surface area contributed by atoms with Crippen LogP contribution < -0.4 is 15.4 Å². The Balaban J connectivity index is 1.56. The topological polar surface area (TPSA) is 97.4 Å². The SMILES string of the molecule is CC(=O)c1ccc(OCC(=O)Nc2cccc(C(=O)Nc3ccc(Br)cn3)c2)cc1. The molecule has 0 bridgehead atoms. The first-order valence-electron chi connectivity index (χ1n) is 8.97. The van der Waals surface area contributed by atoms with Crippen molar-refractivity contribution in [1.82, 2.24) is 4.98 Å². The van der Waals surface area contributed by atoms with Gasteiger partial charge in [-0.15, -0.1) is 0 Å². The van der Waals surface area contributed by atoms with E-state index in [1.54, 1.807) is 66.9 Å². The van der Waals surface area contributed by atoms with Crippen LogP contribution in [0.5, 0.6) is 5.75 Å². The number of ether oxygens (including phenoxy) is 1. The molecule has 0 spiro atoms. The zero-order valence-corrected chi connectivity index (χ0v) is 17.6. The molecule has 0 radical (unpaired) electrons. The normalized spacial score (nSPS) is 10.2. The number of carbonyl (C=O) groups excluding carboxylic acids is 3. The number of aromatic nitrogens is 1. The van der Waals surface area contributed by atoms with Crippen LogP contribution in [0.25, 0.3) is 0 Å². The molecule has 1 aromatic heterocycles. The number of benzene rings is 2. The second kappa shape index (κ2) is 9.80. The Labute approximate surface area is 181 Å². The van der Waals surface area contributed by atoms with Gasteiger partial charge in [-0.25, -0.2) is 4.98 Å². The first-order valence-corrected chi connectivity index (χ1v) is 9.76. The van der Waals surface area contributed by atoms with Crippen molar-refractivity contribution in [2.75, 3.05) is 17.2 Å². The molecule has 0 aliphatic rings. The van der Waals surface area contributed by atoms with Gasteiger partial charge in [0.1, 0.15) is 11.6 Å². The number of ketones is 1. The van der Waals surface area contributed by atoms with Crippen LogP contribution in [-0.4, -0.2) is 29.2 Å². The predicted octanol–water partition coefficient (Wildman–Crippen LogP) is 4.32. The Morgan fingerprint density at radius 2 is 1.73 bits per heavy atom. The predicted molar refractivity (Wildman–Crippen MR) is 117 cm³/mol. The van der Waals surface area contributed by atoms with Crippen molar-refractivity contribution >= 4 is 45.0 Å². The van der Waals surface area contributed by atoms with Crippen molar-refractivity contribution in [3.63, 3.8) is 0 Å². The summed E-state index contributed by atoms with van der Waals surface area (Å²) in [5.74, 6) is 0.131. The lowest BCUT2D eigenvalue weighted by Crippen LogP contribution is -2.20. The maximum absolute atomic E-state index is 12.4. The zero-order chi connectivity index (χ0) is 21.5. The van der Waals surface area contributed by atoms with Crippen LogP contribution in [-0.2, 0) is 4.79 Å². The first-order chi connectivity index (χ1) is 14.4. The highest BCUT2D eigenvalue weighted by Crippen LogP contribution is 2.15. The van der Waals surface area contributed by atoms with Crippen LogP contribution in [0.2, 0.25) is 0 Å². The van der Waals surface area contributed by atoms with Crippen LogP contribution in [0.4, 0.5) is 11.5 Å². The van der Waals surface area contributed by atoms with Crippen molar-refractivity contribution < 1.29 is 19.1 Å². The van der Waals surface area contributed by atoms with Crippen LogP contribution >= 0.6 is 15.9 Å². The molecule has 0 atom stereocenters. The second-order valence-electron chi connectivity index (χ2n) is 6.31. The first kappa shape index (κ1) is 21.2.